The molecule has 0 aliphatic carbocycles. The third-order valence-corrected chi connectivity index (χ3v) is 4.10. The molecule has 0 unspecified atom stereocenters. The first-order chi connectivity index (χ1) is 10.4. The second kappa shape index (κ2) is 7.28. The fourth-order valence-corrected chi connectivity index (χ4v) is 2.86. The molecule has 0 saturated carbocycles. The van der Waals surface area contributed by atoms with Crippen molar-refractivity contribution in [2.24, 2.45) is 0 Å². The molecule has 1 aliphatic heterocycles. The third-order valence-electron chi connectivity index (χ3n) is 4.10. The summed E-state index contributed by atoms with van der Waals surface area (Å²) >= 11 is 0. The summed E-state index contributed by atoms with van der Waals surface area (Å²) in [6, 6.07) is 19.6. The van der Waals surface area contributed by atoms with E-state index in [2.05, 4.69) is 59.9 Å². The Morgan fingerprint density at radius 3 is 2.57 bits per heavy atom. The summed E-state index contributed by atoms with van der Waals surface area (Å²) in [4.78, 5) is 0. The summed E-state index contributed by atoms with van der Waals surface area (Å²) in [5.41, 5.74) is 2.68. The van der Waals surface area contributed by atoms with Gasteiger partial charge in [-0.2, -0.15) is 0 Å². The highest BCUT2D eigenvalue weighted by Crippen LogP contribution is 2.21. The summed E-state index contributed by atoms with van der Waals surface area (Å²) < 4.78 is 6.05. The highest BCUT2D eigenvalue weighted by Gasteiger charge is 2.15. The predicted octanol–water partition coefficient (Wildman–Crippen LogP) is 3.60. The van der Waals surface area contributed by atoms with Crippen molar-refractivity contribution in [3.05, 3.63) is 65.7 Å². The van der Waals surface area contributed by atoms with Crippen molar-refractivity contribution in [2.75, 3.05) is 13.2 Å². The highest BCUT2D eigenvalue weighted by molar-refractivity contribution is 5.34. The Kier molecular flexibility index (Phi) is 4.90. The van der Waals surface area contributed by atoms with Gasteiger partial charge in [-0.15, -0.1) is 0 Å². The lowest BCUT2D eigenvalue weighted by atomic mass is 10.0. The van der Waals surface area contributed by atoms with Gasteiger partial charge in [-0.1, -0.05) is 48.5 Å². The van der Waals surface area contributed by atoms with E-state index in [9.17, 15) is 0 Å². The van der Waals surface area contributed by atoms with Crippen molar-refractivity contribution in [2.45, 2.75) is 31.7 Å². The Morgan fingerprint density at radius 2 is 1.76 bits per heavy atom. The van der Waals surface area contributed by atoms with Gasteiger partial charge in [-0.3, -0.25) is 0 Å². The molecule has 0 spiro atoms. The van der Waals surface area contributed by atoms with Gasteiger partial charge in [0.1, 0.15) is 12.4 Å². The monoisotopic (exact) mass is 281 g/mol. The minimum atomic E-state index is 0.521. The molecule has 0 bridgehead atoms. The second-order valence-electron chi connectivity index (χ2n) is 5.70. The zero-order valence-corrected chi connectivity index (χ0v) is 12.4. The van der Waals surface area contributed by atoms with E-state index in [1.165, 1.54) is 24.0 Å². The molecule has 110 valence electrons. The van der Waals surface area contributed by atoms with E-state index in [-0.39, 0.29) is 0 Å². The lowest BCUT2D eigenvalue weighted by Gasteiger charge is -2.15. The predicted molar refractivity (Wildman–Crippen MR) is 86.8 cm³/mol. The Bertz CT molecular complexity index is 547. The van der Waals surface area contributed by atoms with Crippen molar-refractivity contribution in [3.8, 4) is 5.75 Å². The van der Waals surface area contributed by atoms with Crippen molar-refractivity contribution >= 4 is 0 Å². The average Bonchev–Trinajstić information content (AvgIpc) is 3.06. The number of ether oxygens (including phenoxy) is 1. The van der Waals surface area contributed by atoms with Crippen LogP contribution in [0.3, 0.4) is 0 Å². The van der Waals surface area contributed by atoms with Crippen LogP contribution in [0.15, 0.2) is 54.6 Å². The quantitative estimate of drug-likeness (QED) is 0.873. The molecule has 0 radical (unpaired) electrons. The Balaban J connectivity index is 1.59. The van der Waals surface area contributed by atoms with Crippen LogP contribution in [0.1, 0.15) is 24.0 Å². The topological polar surface area (TPSA) is 21.3 Å². The molecule has 1 aliphatic rings. The first-order valence-corrected chi connectivity index (χ1v) is 7.90. The van der Waals surface area contributed by atoms with Gasteiger partial charge in [0, 0.05) is 6.04 Å². The van der Waals surface area contributed by atoms with Crippen molar-refractivity contribution in [1.29, 1.82) is 0 Å². The lowest BCUT2D eigenvalue weighted by Crippen LogP contribution is -2.28. The molecule has 1 fully saturated rings. The average molecular weight is 281 g/mol. The zero-order valence-electron chi connectivity index (χ0n) is 12.4. The molecule has 1 heterocycles. The van der Waals surface area contributed by atoms with Crippen LogP contribution in [0.25, 0.3) is 0 Å². The molecule has 2 nitrogen and oxygen atoms in total. The number of benzene rings is 2. The largest absolute Gasteiger partial charge is 0.492 e. The maximum atomic E-state index is 6.05. The van der Waals surface area contributed by atoms with Gasteiger partial charge in [-0.25, -0.2) is 0 Å². The number of hydrogen-bond acceptors (Lipinski definition) is 2. The molecular formula is C19H23NO. The van der Waals surface area contributed by atoms with E-state index in [4.69, 9.17) is 4.74 Å². The van der Waals surface area contributed by atoms with Crippen LogP contribution >= 0.6 is 0 Å². The normalized spacial score (nSPS) is 17.8. The van der Waals surface area contributed by atoms with Gasteiger partial charge >= 0.3 is 0 Å². The van der Waals surface area contributed by atoms with Crippen LogP contribution in [0.2, 0.25) is 0 Å². The Hall–Kier alpha value is -1.80. The second-order valence-corrected chi connectivity index (χ2v) is 5.70. The van der Waals surface area contributed by atoms with E-state index < -0.39 is 0 Å². The van der Waals surface area contributed by atoms with Gasteiger partial charge in [0.25, 0.3) is 0 Å². The number of aryl methyl sites for hydroxylation is 2. The third kappa shape index (κ3) is 4.08. The van der Waals surface area contributed by atoms with Gasteiger partial charge < -0.3 is 10.1 Å². The Morgan fingerprint density at radius 1 is 0.952 bits per heavy atom. The molecule has 3 rings (SSSR count). The van der Waals surface area contributed by atoms with Crippen LogP contribution < -0.4 is 10.1 Å². The van der Waals surface area contributed by atoms with Crippen molar-refractivity contribution in [1.82, 2.24) is 5.32 Å². The summed E-state index contributed by atoms with van der Waals surface area (Å²) in [7, 11) is 0. The van der Waals surface area contributed by atoms with Gasteiger partial charge in [0.05, 0.1) is 0 Å². The molecule has 1 saturated heterocycles. The van der Waals surface area contributed by atoms with Crippen LogP contribution in [-0.4, -0.2) is 19.2 Å². The maximum Gasteiger partial charge on any atom is 0.122 e. The molecule has 2 aromatic rings. The van der Waals surface area contributed by atoms with Gasteiger partial charge in [0.2, 0.25) is 0 Å². The van der Waals surface area contributed by atoms with E-state index >= 15 is 0 Å². The van der Waals surface area contributed by atoms with E-state index in [1.807, 2.05) is 0 Å². The SMILES string of the molecule is c1ccc(CCc2ccccc2OC[C@H]2CCCN2)cc1. The minimum Gasteiger partial charge on any atom is -0.492 e. The molecule has 2 heteroatoms. The summed E-state index contributed by atoms with van der Waals surface area (Å²) in [6.07, 6.45) is 4.58. The molecule has 2 aromatic carbocycles. The Labute approximate surface area is 127 Å². The minimum absolute atomic E-state index is 0.521. The number of hydrogen-bond donors (Lipinski definition) is 1. The summed E-state index contributed by atoms with van der Waals surface area (Å²) in [5, 5.41) is 3.48. The van der Waals surface area contributed by atoms with Crippen molar-refractivity contribution in [3.63, 3.8) is 0 Å². The first kappa shape index (κ1) is 14.2. The zero-order chi connectivity index (χ0) is 14.3. The van der Waals surface area contributed by atoms with Crippen molar-refractivity contribution < 1.29 is 4.74 Å². The van der Waals surface area contributed by atoms with Crippen LogP contribution in [0.4, 0.5) is 0 Å². The highest BCUT2D eigenvalue weighted by atomic mass is 16.5. The number of para-hydroxylation sites is 1. The van der Waals surface area contributed by atoms with Gasteiger partial charge in [0.15, 0.2) is 0 Å². The lowest BCUT2D eigenvalue weighted by molar-refractivity contribution is 0.274. The van der Waals surface area contributed by atoms with E-state index in [1.54, 1.807) is 0 Å². The molecule has 1 N–H and O–H groups in total. The molecule has 0 amide bonds. The van der Waals surface area contributed by atoms with Crippen LogP contribution in [0.5, 0.6) is 5.75 Å². The molecule has 21 heavy (non-hydrogen) atoms. The summed E-state index contributed by atoms with van der Waals surface area (Å²) in [6.45, 7) is 1.91. The van der Waals surface area contributed by atoms with Crippen LogP contribution in [-0.2, 0) is 12.8 Å². The van der Waals surface area contributed by atoms with E-state index in [0.29, 0.717) is 6.04 Å². The molecule has 0 aromatic heterocycles. The first-order valence-electron chi connectivity index (χ1n) is 7.90. The standard InChI is InChI=1S/C19H23NO/c1-2-7-16(8-3-1)12-13-17-9-4-5-11-19(17)21-15-18-10-6-14-20-18/h1-5,7-9,11,18,20H,6,10,12-15H2/t18-/m1/s1. The number of rotatable bonds is 6. The fraction of sp³-hybridized carbons (Fsp3) is 0.368. The van der Waals surface area contributed by atoms with E-state index in [0.717, 1.165) is 31.7 Å². The smallest absolute Gasteiger partial charge is 0.122 e. The van der Waals surface area contributed by atoms with Crippen LogP contribution in [0, 0.1) is 0 Å². The number of nitrogens with one attached hydrogen (secondary N) is 1. The summed E-state index contributed by atoms with van der Waals surface area (Å²) in [5.74, 6) is 1.04. The van der Waals surface area contributed by atoms with Gasteiger partial charge in [-0.05, 0) is 49.4 Å². The maximum absolute atomic E-state index is 6.05. The fourth-order valence-electron chi connectivity index (χ4n) is 2.86. The molecular weight excluding hydrogens is 258 g/mol. The molecule has 1 atom stereocenters.